The number of fused-ring (bicyclic) bond motifs is 1. The number of nitrogens with one attached hydrogen (secondary N) is 3. The van der Waals surface area contributed by atoms with Crippen molar-refractivity contribution >= 4 is 34.5 Å². The van der Waals surface area contributed by atoms with E-state index in [2.05, 4.69) is 20.6 Å². The number of hydrogen-bond acceptors (Lipinski definition) is 5. The molecule has 3 aromatic rings. The van der Waals surface area contributed by atoms with Gasteiger partial charge in [-0.1, -0.05) is 18.2 Å². The first-order valence-electron chi connectivity index (χ1n) is 7.30. The summed E-state index contributed by atoms with van der Waals surface area (Å²) >= 11 is 0. The number of hydrogen-bond donors (Lipinski definition) is 3. The van der Waals surface area contributed by atoms with Crippen LogP contribution >= 0.6 is 0 Å². The maximum atomic E-state index is 12.0. The quantitative estimate of drug-likeness (QED) is 0.482. The number of aromatic nitrogens is 2. The third-order valence-electron chi connectivity index (χ3n) is 3.38. The standard InChI is InChI=1S/C16H13N5O4/c22-14(20-16-18-12-6-1-2-7-13(12)19-16)9-17-15(23)10-4-3-5-11(8-10)21(24)25/h1-8H,9H2,(H,17,23)(H2,18,19,20,22). The fraction of sp³-hybridized carbons (Fsp3) is 0.0625. The number of imidazole rings is 1. The molecule has 25 heavy (non-hydrogen) atoms. The third-order valence-corrected chi connectivity index (χ3v) is 3.38. The van der Waals surface area contributed by atoms with Crippen LogP contribution in [0.15, 0.2) is 48.5 Å². The molecule has 0 atom stereocenters. The van der Waals surface area contributed by atoms with E-state index in [1.54, 1.807) is 6.07 Å². The molecule has 0 bridgehead atoms. The zero-order valence-corrected chi connectivity index (χ0v) is 12.9. The van der Waals surface area contributed by atoms with E-state index in [-0.39, 0.29) is 23.7 Å². The predicted molar refractivity (Wildman–Crippen MR) is 90.2 cm³/mol. The molecule has 9 heteroatoms. The van der Waals surface area contributed by atoms with Gasteiger partial charge >= 0.3 is 0 Å². The number of amides is 2. The van der Waals surface area contributed by atoms with Crippen molar-refractivity contribution < 1.29 is 14.5 Å². The average molecular weight is 339 g/mol. The fourth-order valence-corrected chi connectivity index (χ4v) is 2.21. The minimum Gasteiger partial charge on any atom is -0.343 e. The van der Waals surface area contributed by atoms with Crippen LogP contribution in [-0.4, -0.2) is 33.3 Å². The monoisotopic (exact) mass is 339 g/mol. The number of H-pyrrole nitrogens is 1. The summed E-state index contributed by atoms with van der Waals surface area (Å²) < 4.78 is 0. The number of aromatic amines is 1. The van der Waals surface area contributed by atoms with Crippen LogP contribution in [0.25, 0.3) is 11.0 Å². The SMILES string of the molecule is O=C(CNC(=O)c1cccc([N+](=O)[O-])c1)Nc1nc2ccccc2[nH]1. The minimum atomic E-state index is -0.592. The topological polar surface area (TPSA) is 130 Å². The third kappa shape index (κ3) is 3.78. The molecule has 0 aliphatic rings. The summed E-state index contributed by atoms with van der Waals surface area (Å²) in [6.07, 6.45) is 0. The van der Waals surface area contributed by atoms with Crippen molar-refractivity contribution in [1.29, 1.82) is 0 Å². The van der Waals surface area contributed by atoms with Gasteiger partial charge in [-0.05, 0) is 18.2 Å². The summed E-state index contributed by atoms with van der Waals surface area (Å²) in [5.74, 6) is -0.780. The number of carbonyl (C=O) groups is 2. The molecule has 0 saturated carbocycles. The second-order valence-corrected chi connectivity index (χ2v) is 5.14. The summed E-state index contributed by atoms with van der Waals surface area (Å²) in [6, 6.07) is 12.5. The van der Waals surface area contributed by atoms with Crippen molar-refractivity contribution in [2.75, 3.05) is 11.9 Å². The van der Waals surface area contributed by atoms with Gasteiger partial charge in [0.1, 0.15) is 0 Å². The average Bonchev–Trinajstić information content (AvgIpc) is 3.01. The van der Waals surface area contributed by atoms with Gasteiger partial charge in [0.05, 0.1) is 22.5 Å². The normalized spacial score (nSPS) is 10.4. The summed E-state index contributed by atoms with van der Waals surface area (Å²) in [6.45, 7) is -0.293. The van der Waals surface area contributed by atoms with E-state index < -0.39 is 16.7 Å². The number of nitro groups is 1. The first-order chi connectivity index (χ1) is 12.0. The lowest BCUT2D eigenvalue weighted by molar-refractivity contribution is -0.384. The molecule has 0 radical (unpaired) electrons. The maximum Gasteiger partial charge on any atom is 0.270 e. The largest absolute Gasteiger partial charge is 0.343 e. The Bertz CT molecular complexity index is 933. The molecule has 2 aromatic carbocycles. The summed E-state index contributed by atoms with van der Waals surface area (Å²) in [5, 5.41) is 15.7. The van der Waals surface area contributed by atoms with Crippen molar-refractivity contribution in [2.45, 2.75) is 0 Å². The van der Waals surface area contributed by atoms with E-state index in [1.807, 2.05) is 18.2 Å². The lowest BCUT2D eigenvalue weighted by atomic mass is 10.2. The van der Waals surface area contributed by atoms with Crippen molar-refractivity contribution in [3.63, 3.8) is 0 Å². The van der Waals surface area contributed by atoms with E-state index in [1.165, 1.54) is 18.2 Å². The molecule has 0 fully saturated rings. The number of nitro benzene ring substituents is 1. The Hall–Kier alpha value is -3.75. The van der Waals surface area contributed by atoms with Crippen LogP contribution in [0.2, 0.25) is 0 Å². The molecule has 2 amide bonds. The van der Waals surface area contributed by atoms with Gasteiger partial charge in [-0.3, -0.25) is 25.0 Å². The molecule has 0 unspecified atom stereocenters. The first kappa shape index (κ1) is 16.1. The highest BCUT2D eigenvalue weighted by molar-refractivity contribution is 5.99. The number of nitrogens with zero attached hydrogens (tertiary/aromatic N) is 2. The zero-order valence-electron chi connectivity index (χ0n) is 12.9. The Kier molecular flexibility index (Phi) is 4.38. The Morgan fingerprint density at radius 3 is 2.72 bits per heavy atom. The van der Waals surface area contributed by atoms with E-state index in [0.717, 1.165) is 11.6 Å². The van der Waals surface area contributed by atoms with Crippen LogP contribution in [0.4, 0.5) is 11.6 Å². The molecule has 3 rings (SSSR count). The maximum absolute atomic E-state index is 12.0. The molecule has 0 aliphatic carbocycles. The molecule has 0 saturated heterocycles. The Morgan fingerprint density at radius 2 is 1.96 bits per heavy atom. The zero-order chi connectivity index (χ0) is 17.8. The molecule has 0 spiro atoms. The smallest absolute Gasteiger partial charge is 0.270 e. The lowest BCUT2D eigenvalue weighted by Crippen LogP contribution is -2.33. The lowest BCUT2D eigenvalue weighted by Gasteiger charge is -2.05. The number of rotatable bonds is 5. The van der Waals surface area contributed by atoms with E-state index in [9.17, 15) is 19.7 Å². The molecular formula is C16H13N5O4. The van der Waals surface area contributed by atoms with Crippen LogP contribution < -0.4 is 10.6 Å². The summed E-state index contributed by atoms with van der Waals surface area (Å²) in [5.41, 5.74) is 1.39. The number of non-ortho nitro benzene ring substituents is 1. The van der Waals surface area contributed by atoms with E-state index in [4.69, 9.17) is 0 Å². The van der Waals surface area contributed by atoms with Crippen molar-refractivity contribution in [3.8, 4) is 0 Å². The van der Waals surface area contributed by atoms with Crippen LogP contribution in [0, 0.1) is 10.1 Å². The van der Waals surface area contributed by atoms with Crippen LogP contribution in [0.5, 0.6) is 0 Å². The molecule has 1 aromatic heterocycles. The van der Waals surface area contributed by atoms with E-state index in [0.29, 0.717) is 5.52 Å². The number of carbonyl (C=O) groups excluding carboxylic acids is 2. The van der Waals surface area contributed by atoms with Crippen LogP contribution in [0.1, 0.15) is 10.4 Å². The second-order valence-electron chi connectivity index (χ2n) is 5.14. The predicted octanol–water partition coefficient (Wildman–Crippen LogP) is 1.84. The second kappa shape index (κ2) is 6.79. The molecule has 9 nitrogen and oxygen atoms in total. The van der Waals surface area contributed by atoms with Gasteiger partial charge in [0.15, 0.2) is 0 Å². The summed E-state index contributed by atoms with van der Waals surface area (Å²) in [7, 11) is 0. The highest BCUT2D eigenvalue weighted by Gasteiger charge is 2.13. The van der Waals surface area contributed by atoms with Crippen molar-refractivity contribution in [2.24, 2.45) is 0 Å². The Balaban J connectivity index is 1.59. The van der Waals surface area contributed by atoms with Crippen LogP contribution in [0.3, 0.4) is 0 Å². The minimum absolute atomic E-state index is 0.103. The molecule has 1 heterocycles. The molecular weight excluding hydrogens is 326 g/mol. The van der Waals surface area contributed by atoms with E-state index >= 15 is 0 Å². The number of anilines is 1. The Morgan fingerprint density at radius 1 is 1.16 bits per heavy atom. The summed E-state index contributed by atoms with van der Waals surface area (Å²) in [4.78, 5) is 41.1. The van der Waals surface area contributed by atoms with Gasteiger partial charge in [0.25, 0.3) is 11.6 Å². The van der Waals surface area contributed by atoms with Gasteiger partial charge in [-0.2, -0.15) is 0 Å². The number of benzene rings is 2. The van der Waals surface area contributed by atoms with Crippen LogP contribution in [-0.2, 0) is 4.79 Å². The van der Waals surface area contributed by atoms with Gasteiger partial charge in [-0.15, -0.1) is 0 Å². The molecule has 126 valence electrons. The van der Waals surface area contributed by atoms with Gasteiger partial charge in [0.2, 0.25) is 11.9 Å². The number of para-hydroxylation sites is 2. The van der Waals surface area contributed by atoms with Gasteiger partial charge in [0, 0.05) is 17.7 Å². The fourth-order valence-electron chi connectivity index (χ4n) is 2.21. The highest BCUT2D eigenvalue weighted by Crippen LogP contribution is 2.14. The van der Waals surface area contributed by atoms with Crippen molar-refractivity contribution in [1.82, 2.24) is 15.3 Å². The van der Waals surface area contributed by atoms with Gasteiger partial charge < -0.3 is 10.3 Å². The molecule has 0 aliphatic heterocycles. The van der Waals surface area contributed by atoms with Gasteiger partial charge in [-0.25, -0.2) is 4.98 Å². The Labute approximate surface area is 141 Å². The van der Waals surface area contributed by atoms with Crippen molar-refractivity contribution in [3.05, 3.63) is 64.2 Å². The molecule has 3 N–H and O–H groups in total. The first-order valence-corrected chi connectivity index (χ1v) is 7.30. The highest BCUT2D eigenvalue weighted by atomic mass is 16.6.